The Balaban J connectivity index is 0.00000200. The monoisotopic (exact) mass is 303 g/mol. The Kier molecular flexibility index (Phi) is 6.57. The Morgan fingerprint density at radius 3 is 2.65 bits per heavy atom. The van der Waals surface area contributed by atoms with E-state index in [2.05, 4.69) is 4.90 Å². The van der Waals surface area contributed by atoms with Crippen LogP contribution >= 0.6 is 12.4 Å². The molecular weight excluding hydrogens is 286 g/mol. The SMILES string of the molecule is Cl.O=C(OCCN1CCOCC1)c1ccc(O)cc1O. The molecule has 0 atom stereocenters. The van der Waals surface area contributed by atoms with Crippen molar-refractivity contribution in [2.45, 2.75) is 0 Å². The smallest absolute Gasteiger partial charge is 0.341 e. The average Bonchev–Trinajstić information content (AvgIpc) is 2.39. The lowest BCUT2D eigenvalue weighted by molar-refractivity contribution is 0.0194. The molecule has 1 heterocycles. The van der Waals surface area contributed by atoms with Crippen molar-refractivity contribution in [2.24, 2.45) is 0 Å². The van der Waals surface area contributed by atoms with Gasteiger partial charge in [-0.15, -0.1) is 12.4 Å². The zero-order chi connectivity index (χ0) is 13.7. The number of halogens is 1. The third-order valence-corrected chi connectivity index (χ3v) is 2.95. The van der Waals surface area contributed by atoms with E-state index in [9.17, 15) is 9.90 Å². The van der Waals surface area contributed by atoms with Gasteiger partial charge < -0.3 is 19.7 Å². The molecule has 0 saturated carbocycles. The summed E-state index contributed by atoms with van der Waals surface area (Å²) in [6.07, 6.45) is 0. The summed E-state index contributed by atoms with van der Waals surface area (Å²) in [7, 11) is 0. The van der Waals surface area contributed by atoms with Gasteiger partial charge in [-0.2, -0.15) is 0 Å². The fraction of sp³-hybridized carbons (Fsp3) is 0.462. The topological polar surface area (TPSA) is 79.2 Å². The van der Waals surface area contributed by atoms with Crippen LogP contribution in [0.1, 0.15) is 10.4 Å². The van der Waals surface area contributed by atoms with Gasteiger partial charge in [-0.1, -0.05) is 0 Å². The standard InChI is InChI=1S/C13H17NO5.ClH/c15-10-1-2-11(12(16)9-10)13(17)19-8-5-14-3-6-18-7-4-14;/h1-2,9,15-16H,3-8H2;1H. The molecular formula is C13H18ClNO5. The van der Waals surface area contributed by atoms with E-state index in [1.165, 1.54) is 12.1 Å². The van der Waals surface area contributed by atoms with Gasteiger partial charge in [-0.25, -0.2) is 4.79 Å². The molecule has 2 N–H and O–H groups in total. The number of ether oxygens (including phenoxy) is 2. The quantitative estimate of drug-likeness (QED) is 0.808. The summed E-state index contributed by atoms with van der Waals surface area (Å²) >= 11 is 0. The molecule has 1 aliphatic rings. The number of phenols is 2. The fourth-order valence-electron chi connectivity index (χ4n) is 1.86. The number of morpholine rings is 1. The van der Waals surface area contributed by atoms with Crippen molar-refractivity contribution in [1.82, 2.24) is 4.90 Å². The number of carbonyl (C=O) groups is 1. The molecule has 0 unspecified atom stereocenters. The van der Waals surface area contributed by atoms with E-state index >= 15 is 0 Å². The third kappa shape index (κ3) is 4.56. The van der Waals surface area contributed by atoms with Crippen molar-refractivity contribution < 1.29 is 24.5 Å². The molecule has 0 spiro atoms. The number of esters is 1. The number of benzene rings is 1. The van der Waals surface area contributed by atoms with Crippen LogP contribution in [0.25, 0.3) is 0 Å². The molecule has 1 fully saturated rings. The first kappa shape index (κ1) is 16.6. The van der Waals surface area contributed by atoms with E-state index in [1.807, 2.05) is 0 Å². The second-order valence-corrected chi connectivity index (χ2v) is 4.29. The third-order valence-electron chi connectivity index (χ3n) is 2.95. The maximum atomic E-state index is 11.7. The summed E-state index contributed by atoms with van der Waals surface area (Å²) in [4.78, 5) is 13.9. The van der Waals surface area contributed by atoms with E-state index in [0.29, 0.717) is 19.8 Å². The van der Waals surface area contributed by atoms with E-state index in [0.717, 1.165) is 19.2 Å². The number of hydrogen-bond acceptors (Lipinski definition) is 6. The number of phenolic OH excluding ortho intramolecular Hbond substituents is 2. The van der Waals surface area contributed by atoms with Crippen LogP contribution in [0.3, 0.4) is 0 Å². The Morgan fingerprint density at radius 1 is 1.30 bits per heavy atom. The largest absolute Gasteiger partial charge is 0.508 e. The highest BCUT2D eigenvalue weighted by molar-refractivity contribution is 5.92. The molecule has 112 valence electrons. The molecule has 6 nitrogen and oxygen atoms in total. The van der Waals surface area contributed by atoms with Crippen LogP contribution < -0.4 is 0 Å². The minimum absolute atomic E-state index is 0. The Bertz CT molecular complexity index is 448. The van der Waals surface area contributed by atoms with E-state index in [4.69, 9.17) is 14.6 Å². The van der Waals surface area contributed by atoms with Crippen molar-refractivity contribution in [3.8, 4) is 11.5 Å². The maximum Gasteiger partial charge on any atom is 0.341 e. The molecule has 7 heteroatoms. The zero-order valence-electron chi connectivity index (χ0n) is 10.9. The van der Waals surface area contributed by atoms with Crippen molar-refractivity contribution in [3.05, 3.63) is 23.8 Å². The van der Waals surface area contributed by atoms with E-state index < -0.39 is 5.97 Å². The minimum Gasteiger partial charge on any atom is -0.508 e. The summed E-state index contributed by atoms with van der Waals surface area (Å²) in [5, 5.41) is 18.7. The molecule has 20 heavy (non-hydrogen) atoms. The normalized spacial score (nSPS) is 15.4. The Morgan fingerprint density at radius 2 is 2.00 bits per heavy atom. The molecule has 1 saturated heterocycles. The first-order chi connectivity index (χ1) is 9.16. The van der Waals surface area contributed by atoms with Gasteiger partial charge in [0.25, 0.3) is 0 Å². The number of nitrogens with zero attached hydrogens (tertiary/aromatic N) is 1. The average molecular weight is 304 g/mol. The number of hydrogen-bond donors (Lipinski definition) is 2. The second-order valence-electron chi connectivity index (χ2n) is 4.29. The van der Waals surface area contributed by atoms with Gasteiger partial charge in [0.05, 0.1) is 13.2 Å². The molecule has 0 bridgehead atoms. The summed E-state index contributed by atoms with van der Waals surface area (Å²) < 4.78 is 10.3. The van der Waals surface area contributed by atoms with Gasteiger partial charge in [0.15, 0.2) is 0 Å². The minimum atomic E-state index is -0.592. The molecule has 0 amide bonds. The van der Waals surface area contributed by atoms with Gasteiger partial charge in [0.1, 0.15) is 23.7 Å². The molecule has 0 radical (unpaired) electrons. The van der Waals surface area contributed by atoms with Crippen LogP contribution in [0.2, 0.25) is 0 Å². The second kappa shape index (κ2) is 7.94. The zero-order valence-corrected chi connectivity index (χ0v) is 11.8. The molecule has 1 aromatic rings. The molecule has 1 aliphatic heterocycles. The lowest BCUT2D eigenvalue weighted by atomic mass is 10.2. The van der Waals surface area contributed by atoms with Crippen molar-refractivity contribution in [2.75, 3.05) is 39.5 Å². The van der Waals surface area contributed by atoms with Gasteiger partial charge in [0.2, 0.25) is 0 Å². The predicted octanol–water partition coefficient (Wildman–Crippen LogP) is 1.01. The fourth-order valence-corrected chi connectivity index (χ4v) is 1.86. The van der Waals surface area contributed by atoms with E-state index in [1.54, 1.807) is 0 Å². The molecule has 0 aromatic heterocycles. The molecule has 2 rings (SSSR count). The lowest BCUT2D eigenvalue weighted by Crippen LogP contribution is -2.38. The van der Waals surface area contributed by atoms with Crippen LogP contribution in [0.5, 0.6) is 11.5 Å². The number of rotatable bonds is 4. The van der Waals surface area contributed by atoms with Crippen molar-refractivity contribution >= 4 is 18.4 Å². The summed E-state index contributed by atoms with van der Waals surface area (Å²) in [6.45, 7) is 3.98. The number of carbonyl (C=O) groups excluding carboxylic acids is 1. The van der Waals surface area contributed by atoms with Crippen LogP contribution in [0.4, 0.5) is 0 Å². The summed E-state index contributed by atoms with van der Waals surface area (Å²) in [6, 6.07) is 3.78. The van der Waals surface area contributed by atoms with Crippen LogP contribution in [0.15, 0.2) is 18.2 Å². The van der Waals surface area contributed by atoms with Crippen molar-refractivity contribution in [1.29, 1.82) is 0 Å². The summed E-state index contributed by atoms with van der Waals surface area (Å²) in [5.74, 6) is -0.968. The Labute approximate surface area is 123 Å². The molecule has 0 aliphatic carbocycles. The maximum absolute atomic E-state index is 11.7. The predicted molar refractivity (Wildman–Crippen MR) is 74.6 cm³/mol. The first-order valence-corrected chi connectivity index (χ1v) is 6.16. The van der Waals surface area contributed by atoms with Crippen LogP contribution in [-0.4, -0.2) is 60.5 Å². The highest BCUT2D eigenvalue weighted by atomic mass is 35.5. The first-order valence-electron chi connectivity index (χ1n) is 6.16. The lowest BCUT2D eigenvalue weighted by Gasteiger charge is -2.26. The van der Waals surface area contributed by atoms with Crippen molar-refractivity contribution in [3.63, 3.8) is 0 Å². The van der Waals surface area contributed by atoms with Crippen LogP contribution in [0, 0.1) is 0 Å². The highest BCUT2D eigenvalue weighted by Gasteiger charge is 2.14. The summed E-state index contributed by atoms with van der Waals surface area (Å²) in [5.41, 5.74) is 0.0553. The van der Waals surface area contributed by atoms with Gasteiger partial charge in [-0.3, -0.25) is 4.90 Å². The van der Waals surface area contributed by atoms with Gasteiger partial charge in [-0.05, 0) is 12.1 Å². The molecule has 1 aromatic carbocycles. The van der Waals surface area contributed by atoms with Gasteiger partial charge in [0, 0.05) is 25.7 Å². The number of aromatic hydroxyl groups is 2. The van der Waals surface area contributed by atoms with Gasteiger partial charge >= 0.3 is 5.97 Å². The van der Waals surface area contributed by atoms with E-state index in [-0.39, 0.29) is 36.1 Å². The Hall–Kier alpha value is -1.50. The van der Waals surface area contributed by atoms with Crippen LogP contribution in [-0.2, 0) is 9.47 Å². The highest BCUT2D eigenvalue weighted by Crippen LogP contribution is 2.23.